The molecule has 0 bridgehead atoms. The first-order chi connectivity index (χ1) is 10.2. The highest BCUT2D eigenvalue weighted by Gasteiger charge is 2.21. The number of nitrogens with one attached hydrogen (secondary N) is 1. The van der Waals surface area contributed by atoms with Gasteiger partial charge in [-0.05, 0) is 12.0 Å². The molecule has 0 atom stereocenters. The molecule has 0 radical (unpaired) electrons. The van der Waals surface area contributed by atoms with Gasteiger partial charge in [0, 0.05) is 37.6 Å². The molecule has 0 saturated carbocycles. The minimum Gasteiger partial charge on any atom is -0.338 e. The van der Waals surface area contributed by atoms with Crippen molar-refractivity contribution >= 4 is 5.91 Å². The van der Waals surface area contributed by atoms with Gasteiger partial charge in [0.15, 0.2) is 0 Å². The summed E-state index contributed by atoms with van der Waals surface area (Å²) in [6, 6.07) is 11.5. The first kappa shape index (κ1) is 13.5. The number of H-pyrrole nitrogens is 1. The summed E-state index contributed by atoms with van der Waals surface area (Å²) in [5.74, 6) is 0.129. The molecular weight excluding hydrogens is 266 g/mol. The van der Waals surface area contributed by atoms with E-state index in [-0.39, 0.29) is 11.5 Å². The fraction of sp³-hybridized carbons (Fsp3) is 0.312. The minimum atomic E-state index is -0.215. The molecule has 0 aliphatic carbocycles. The van der Waals surface area contributed by atoms with Crippen molar-refractivity contribution in [2.45, 2.75) is 25.8 Å². The fourth-order valence-electron chi connectivity index (χ4n) is 2.61. The van der Waals surface area contributed by atoms with Gasteiger partial charge < -0.3 is 4.90 Å². The molecule has 5 heteroatoms. The highest BCUT2D eigenvalue weighted by molar-refractivity contribution is 5.76. The van der Waals surface area contributed by atoms with Crippen LogP contribution in [0.1, 0.15) is 23.2 Å². The standard InChI is InChI=1S/C16H17N3O2/c20-15-10-13-11-19(9-8-14(13)17-18-15)16(21)7-6-12-4-2-1-3-5-12/h1-5,10H,6-9,11H2,(H,18,20). The third kappa shape index (κ3) is 3.18. The third-order valence-corrected chi connectivity index (χ3v) is 3.78. The lowest BCUT2D eigenvalue weighted by atomic mass is 10.0. The van der Waals surface area contributed by atoms with Crippen molar-refractivity contribution in [2.75, 3.05) is 6.54 Å². The number of carbonyl (C=O) groups excluding carboxylic acids is 1. The minimum absolute atomic E-state index is 0.129. The molecule has 0 saturated heterocycles. The van der Waals surface area contributed by atoms with E-state index >= 15 is 0 Å². The van der Waals surface area contributed by atoms with Crippen molar-refractivity contribution < 1.29 is 4.79 Å². The molecule has 1 amide bonds. The van der Waals surface area contributed by atoms with Gasteiger partial charge in [-0.3, -0.25) is 9.59 Å². The van der Waals surface area contributed by atoms with E-state index in [0.29, 0.717) is 25.9 Å². The molecule has 21 heavy (non-hydrogen) atoms. The second-order valence-electron chi connectivity index (χ2n) is 5.26. The predicted octanol–water partition coefficient (Wildman–Crippen LogP) is 1.29. The van der Waals surface area contributed by atoms with Gasteiger partial charge in [0.05, 0.1) is 5.69 Å². The maximum absolute atomic E-state index is 12.3. The van der Waals surface area contributed by atoms with E-state index in [1.54, 1.807) is 6.07 Å². The van der Waals surface area contributed by atoms with E-state index in [0.717, 1.165) is 17.7 Å². The predicted molar refractivity (Wildman–Crippen MR) is 78.7 cm³/mol. The van der Waals surface area contributed by atoms with Crippen LogP contribution in [0.4, 0.5) is 0 Å². The van der Waals surface area contributed by atoms with Crippen molar-refractivity contribution in [1.29, 1.82) is 0 Å². The summed E-state index contributed by atoms with van der Waals surface area (Å²) >= 11 is 0. The third-order valence-electron chi connectivity index (χ3n) is 3.78. The van der Waals surface area contributed by atoms with Crippen LogP contribution in [0.2, 0.25) is 0 Å². The summed E-state index contributed by atoms with van der Waals surface area (Å²) in [6.45, 7) is 1.15. The SMILES string of the molecule is O=C(CCc1ccccc1)N1CCc2n[nH]c(=O)cc2C1. The Morgan fingerprint density at radius 1 is 1.29 bits per heavy atom. The number of carbonyl (C=O) groups is 1. The zero-order valence-corrected chi connectivity index (χ0v) is 11.7. The zero-order chi connectivity index (χ0) is 14.7. The Hall–Kier alpha value is -2.43. The van der Waals surface area contributed by atoms with Gasteiger partial charge in [-0.25, -0.2) is 5.10 Å². The van der Waals surface area contributed by atoms with Crippen molar-refractivity contribution in [3.63, 3.8) is 0 Å². The molecule has 108 valence electrons. The number of hydrogen-bond acceptors (Lipinski definition) is 3. The van der Waals surface area contributed by atoms with Crippen LogP contribution in [-0.4, -0.2) is 27.5 Å². The normalized spacial score (nSPS) is 13.8. The molecule has 0 spiro atoms. The van der Waals surface area contributed by atoms with Crippen LogP contribution in [-0.2, 0) is 24.2 Å². The van der Waals surface area contributed by atoms with Crippen LogP contribution in [0.5, 0.6) is 0 Å². The first-order valence-corrected chi connectivity index (χ1v) is 7.11. The Kier molecular flexibility index (Phi) is 3.81. The second kappa shape index (κ2) is 5.91. The number of fused-ring (bicyclic) bond motifs is 1. The molecular formula is C16H17N3O2. The van der Waals surface area contributed by atoms with E-state index in [1.165, 1.54) is 5.56 Å². The monoisotopic (exact) mass is 283 g/mol. The van der Waals surface area contributed by atoms with Crippen LogP contribution in [0.3, 0.4) is 0 Å². The van der Waals surface area contributed by atoms with Gasteiger partial charge in [0.25, 0.3) is 5.56 Å². The molecule has 0 unspecified atom stereocenters. The summed E-state index contributed by atoms with van der Waals surface area (Å²) in [6.07, 6.45) is 1.94. The van der Waals surface area contributed by atoms with Crippen LogP contribution in [0.15, 0.2) is 41.2 Å². The van der Waals surface area contributed by atoms with Crippen LogP contribution in [0, 0.1) is 0 Å². The van der Waals surface area contributed by atoms with E-state index in [1.807, 2.05) is 35.2 Å². The Balaban J connectivity index is 1.63. The summed E-state index contributed by atoms with van der Waals surface area (Å²) in [5.41, 5.74) is 2.70. The topological polar surface area (TPSA) is 66.1 Å². The fourth-order valence-corrected chi connectivity index (χ4v) is 2.61. The zero-order valence-electron chi connectivity index (χ0n) is 11.7. The highest BCUT2D eigenvalue weighted by Crippen LogP contribution is 2.16. The average molecular weight is 283 g/mol. The summed E-state index contributed by atoms with van der Waals surface area (Å²) in [5, 5.41) is 6.47. The first-order valence-electron chi connectivity index (χ1n) is 7.11. The Morgan fingerprint density at radius 3 is 2.90 bits per heavy atom. The molecule has 1 aliphatic heterocycles. The summed E-state index contributed by atoms with van der Waals surface area (Å²) in [4.78, 5) is 25.4. The molecule has 3 rings (SSSR count). The van der Waals surface area contributed by atoms with Crippen molar-refractivity contribution in [1.82, 2.24) is 15.1 Å². The number of benzene rings is 1. The summed E-state index contributed by atoms with van der Waals surface area (Å²) in [7, 11) is 0. The van der Waals surface area contributed by atoms with Crippen LogP contribution >= 0.6 is 0 Å². The number of amides is 1. The van der Waals surface area contributed by atoms with Crippen molar-refractivity contribution in [3.05, 3.63) is 63.6 Å². The molecule has 1 aromatic heterocycles. The van der Waals surface area contributed by atoms with Gasteiger partial charge >= 0.3 is 0 Å². The van der Waals surface area contributed by atoms with E-state index < -0.39 is 0 Å². The lowest BCUT2D eigenvalue weighted by Crippen LogP contribution is -2.37. The quantitative estimate of drug-likeness (QED) is 0.923. The van der Waals surface area contributed by atoms with Gasteiger partial charge in [-0.2, -0.15) is 5.10 Å². The number of hydrogen-bond donors (Lipinski definition) is 1. The van der Waals surface area contributed by atoms with Crippen LogP contribution in [0.25, 0.3) is 0 Å². The van der Waals surface area contributed by atoms with Crippen molar-refractivity contribution in [3.8, 4) is 0 Å². The van der Waals surface area contributed by atoms with Crippen LogP contribution < -0.4 is 5.56 Å². The van der Waals surface area contributed by atoms with Gasteiger partial charge in [-0.15, -0.1) is 0 Å². The second-order valence-corrected chi connectivity index (χ2v) is 5.26. The largest absolute Gasteiger partial charge is 0.338 e. The molecule has 0 fully saturated rings. The molecule has 2 heterocycles. The molecule has 2 aromatic rings. The Labute approximate surface area is 122 Å². The number of aromatic amines is 1. The number of aromatic nitrogens is 2. The van der Waals surface area contributed by atoms with E-state index in [9.17, 15) is 9.59 Å². The average Bonchev–Trinajstić information content (AvgIpc) is 2.53. The molecule has 1 aliphatic rings. The van der Waals surface area contributed by atoms with Gasteiger partial charge in [-0.1, -0.05) is 30.3 Å². The smallest absolute Gasteiger partial charge is 0.264 e. The molecule has 1 aromatic carbocycles. The number of rotatable bonds is 3. The number of nitrogens with zero attached hydrogens (tertiary/aromatic N) is 2. The van der Waals surface area contributed by atoms with Crippen molar-refractivity contribution in [2.24, 2.45) is 0 Å². The highest BCUT2D eigenvalue weighted by atomic mass is 16.2. The molecule has 5 nitrogen and oxygen atoms in total. The van der Waals surface area contributed by atoms with Gasteiger partial charge in [0.2, 0.25) is 5.91 Å². The molecule has 1 N–H and O–H groups in total. The van der Waals surface area contributed by atoms with E-state index in [4.69, 9.17) is 0 Å². The maximum atomic E-state index is 12.3. The Bertz CT molecular complexity index is 694. The number of aryl methyl sites for hydroxylation is 1. The van der Waals surface area contributed by atoms with Gasteiger partial charge in [0.1, 0.15) is 0 Å². The van der Waals surface area contributed by atoms with E-state index in [2.05, 4.69) is 10.2 Å². The Morgan fingerprint density at radius 2 is 2.10 bits per heavy atom. The lowest BCUT2D eigenvalue weighted by molar-refractivity contribution is -0.132. The lowest BCUT2D eigenvalue weighted by Gasteiger charge is -2.27. The summed E-state index contributed by atoms with van der Waals surface area (Å²) < 4.78 is 0. The maximum Gasteiger partial charge on any atom is 0.264 e.